The number of hydrogen-bond acceptors (Lipinski definition) is 3. The Labute approximate surface area is 94.6 Å². The minimum absolute atomic E-state index is 0.0925. The molecule has 0 heterocycles. The SMILES string of the molecule is CC(NC(=O)CNC1CC1)(C(=O)O)C1CC1. The van der Waals surface area contributed by atoms with Crippen molar-refractivity contribution in [1.29, 1.82) is 0 Å². The average molecular weight is 226 g/mol. The number of amides is 1. The molecule has 0 aromatic heterocycles. The molecule has 1 amide bonds. The summed E-state index contributed by atoms with van der Waals surface area (Å²) in [5, 5.41) is 14.9. The molecule has 0 bridgehead atoms. The van der Waals surface area contributed by atoms with Gasteiger partial charge >= 0.3 is 5.97 Å². The molecule has 0 aliphatic heterocycles. The Balaban J connectivity index is 1.84. The van der Waals surface area contributed by atoms with Crippen molar-refractivity contribution in [1.82, 2.24) is 10.6 Å². The zero-order valence-corrected chi connectivity index (χ0v) is 9.45. The van der Waals surface area contributed by atoms with Crippen LogP contribution in [0.2, 0.25) is 0 Å². The van der Waals surface area contributed by atoms with Crippen LogP contribution in [0.15, 0.2) is 0 Å². The van der Waals surface area contributed by atoms with Gasteiger partial charge in [-0.3, -0.25) is 4.79 Å². The summed E-state index contributed by atoms with van der Waals surface area (Å²) in [7, 11) is 0. The van der Waals surface area contributed by atoms with E-state index in [1.165, 1.54) is 0 Å². The highest BCUT2D eigenvalue weighted by Gasteiger charge is 2.48. The Morgan fingerprint density at radius 2 is 1.94 bits per heavy atom. The third-order valence-electron chi connectivity index (χ3n) is 3.37. The fraction of sp³-hybridized carbons (Fsp3) is 0.818. The molecule has 2 rings (SSSR count). The first-order valence-corrected chi connectivity index (χ1v) is 5.80. The van der Waals surface area contributed by atoms with Crippen LogP contribution in [0.25, 0.3) is 0 Å². The molecule has 3 N–H and O–H groups in total. The van der Waals surface area contributed by atoms with Gasteiger partial charge in [-0.05, 0) is 38.5 Å². The summed E-state index contributed by atoms with van der Waals surface area (Å²) in [4.78, 5) is 22.7. The number of hydrogen-bond donors (Lipinski definition) is 3. The van der Waals surface area contributed by atoms with Crippen molar-refractivity contribution in [2.24, 2.45) is 5.92 Å². The smallest absolute Gasteiger partial charge is 0.329 e. The van der Waals surface area contributed by atoms with Gasteiger partial charge in [-0.25, -0.2) is 4.79 Å². The van der Waals surface area contributed by atoms with Crippen molar-refractivity contribution < 1.29 is 14.7 Å². The minimum Gasteiger partial charge on any atom is -0.480 e. The van der Waals surface area contributed by atoms with Crippen molar-refractivity contribution in [2.75, 3.05) is 6.54 Å². The third kappa shape index (κ3) is 2.52. The van der Waals surface area contributed by atoms with Crippen LogP contribution < -0.4 is 10.6 Å². The minimum atomic E-state index is -1.08. The van der Waals surface area contributed by atoms with Crippen LogP contribution in [0.3, 0.4) is 0 Å². The van der Waals surface area contributed by atoms with Gasteiger partial charge < -0.3 is 15.7 Å². The second-order valence-electron chi connectivity index (χ2n) is 4.99. The van der Waals surface area contributed by atoms with E-state index in [4.69, 9.17) is 5.11 Å². The van der Waals surface area contributed by atoms with E-state index in [2.05, 4.69) is 10.6 Å². The van der Waals surface area contributed by atoms with E-state index in [1.54, 1.807) is 6.92 Å². The predicted octanol–water partition coefficient (Wildman–Crippen LogP) is 0.108. The van der Waals surface area contributed by atoms with E-state index in [9.17, 15) is 9.59 Å². The van der Waals surface area contributed by atoms with E-state index in [0.29, 0.717) is 6.04 Å². The third-order valence-corrected chi connectivity index (χ3v) is 3.37. The van der Waals surface area contributed by atoms with Crippen molar-refractivity contribution in [2.45, 2.75) is 44.2 Å². The van der Waals surface area contributed by atoms with Gasteiger partial charge in [0.25, 0.3) is 0 Å². The van der Waals surface area contributed by atoms with Crippen LogP contribution in [-0.2, 0) is 9.59 Å². The van der Waals surface area contributed by atoms with E-state index < -0.39 is 11.5 Å². The van der Waals surface area contributed by atoms with E-state index in [0.717, 1.165) is 25.7 Å². The molecule has 2 saturated carbocycles. The Bertz CT molecular complexity index is 310. The first-order valence-electron chi connectivity index (χ1n) is 5.80. The van der Waals surface area contributed by atoms with E-state index >= 15 is 0 Å². The van der Waals surface area contributed by atoms with Crippen molar-refractivity contribution >= 4 is 11.9 Å². The summed E-state index contributed by atoms with van der Waals surface area (Å²) >= 11 is 0. The fourth-order valence-electron chi connectivity index (χ4n) is 1.85. The van der Waals surface area contributed by atoms with Gasteiger partial charge in [0.1, 0.15) is 5.54 Å². The second-order valence-corrected chi connectivity index (χ2v) is 4.99. The largest absolute Gasteiger partial charge is 0.480 e. The zero-order chi connectivity index (χ0) is 11.8. The molecule has 1 atom stereocenters. The van der Waals surface area contributed by atoms with Crippen molar-refractivity contribution in [3.8, 4) is 0 Å². The number of carboxylic acids is 1. The van der Waals surface area contributed by atoms with Crippen LogP contribution in [0, 0.1) is 5.92 Å². The predicted molar refractivity (Wildman–Crippen MR) is 57.9 cm³/mol. The standard InChI is InChI=1S/C11H18N2O3/c1-11(10(15)16,7-2-3-7)13-9(14)6-12-8-4-5-8/h7-8,12H,2-6H2,1H3,(H,13,14)(H,15,16). The molecule has 0 spiro atoms. The topological polar surface area (TPSA) is 78.4 Å². The molecule has 16 heavy (non-hydrogen) atoms. The quantitative estimate of drug-likeness (QED) is 0.600. The van der Waals surface area contributed by atoms with Gasteiger partial charge in [0.15, 0.2) is 0 Å². The van der Waals surface area contributed by atoms with Crippen LogP contribution in [0.1, 0.15) is 32.6 Å². The van der Waals surface area contributed by atoms with Gasteiger partial charge in [-0.15, -0.1) is 0 Å². The highest BCUT2D eigenvalue weighted by atomic mass is 16.4. The lowest BCUT2D eigenvalue weighted by atomic mass is 9.96. The Hall–Kier alpha value is -1.10. The Morgan fingerprint density at radius 1 is 1.31 bits per heavy atom. The molecule has 0 aromatic rings. The van der Waals surface area contributed by atoms with Crippen molar-refractivity contribution in [3.63, 3.8) is 0 Å². The van der Waals surface area contributed by atoms with Crippen molar-refractivity contribution in [3.05, 3.63) is 0 Å². The summed E-state index contributed by atoms with van der Waals surface area (Å²) in [5.74, 6) is -1.06. The molecule has 1 unspecified atom stereocenters. The lowest BCUT2D eigenvalue weighted by molar-refractivity contribution is -0.147. The molecule has 2 aliphatic rings. The maximum atomic E-state index is 11.6. The summed E-state index contributed by atoms with van der Waals surface area (Å²) in [5.41, 5.74) is -1.08. The summed E-state index contributed by atoms with van der Waals surface area (Å²) in [6, 6.07) is 0.461. The summed E-state index contributed by atoms with van der Waals surface area (Å²) in [6.07, 6.45) is 4.01. The normalized spacial score (nSPS) is 23.6. The maximum absolute atomic E-state index is 11.6. The molecule has 5 nitrogen and oxygen atoms in total. The number of aliphatic carboxylic acids is 1. The fourth-order valence-corrected chi connectivity index (χ4v) is 1.85. The second kappa shape index (κ2) is 4.05. The molecule has 5 heteroatoms. The first kappa shape index (κ1) is 11.4. The van der Waals surface area contributed by atoms with Gasteiger partial charge in [0.05, 0.1) is 6.54 Å². The molecule has 2 fully saturated rings. The van der Waals surface area contributed by atoms with Crippen LogP contribution in [-0.4, -0.2) is 35.1 Å². The zero-order valence-electron chi connectivity index (χ0n) is 9.45. The number of rotatable bonds is 6. The van der Waals surface area contributed by atoms with Gasteiger partial charge in [0, 0.05) is 6.04 Å². The summed E-state index contributed by atoms with van der Waals surface area (Å²) < 4.78 is 0. The van der Waals surface area contributed by atoms with Gasteiger partial charge in [-0.2, -0.15) is 0 Å². The van der Waals surface area contributed by atoms with Crippen LogP contribution >= 0.6 is 0 Å². The molecule has 2 aliphatic carbocycles. The molecular weight excluding hydrogens is 208 g/mol. The van der Waals surface area contributed by atoms with Crippen LogP contribution in [0.4, 0.5) is 0 Å². The highest BCUT2D eigenvalue weighted by Crippen LogP contribution is 2.39. The average Bonchev–Trinajstić information content (AvgIpc) is 3.04. The monoisotopic (exact) mass is 226 g/mol. The Morgan fingerprint density at radius 3 is 2.38 bits per heavy atom. The first-order chi connectivity index (χ1) is 7.52. The molecular formula is C11H18N2O3. The maximum Gasteiger partial charge on any atom is 0.329 e. The van der Waals surface area contributed by atoms with Gasteiger partial charge in [0.2, 0.25) is 5.91 Å². The lowest BCUT2D eigenvalue weighted by Crippen LogP contribution is -2.55. The van der Waals surface area contributed by atoms with Gasteiger partial charge in [-0.1, -0.05) is 0 Å². The molecule has 0 aromatic carbocycles. The summed E-state index contributed by atoms with van der Waals surface area (Å²) in [6.45, 7) is 1.82. The van der Waals surface area contributed by atoms with E-state index in [1.807, 2.05) is 0 Å². The Kier molecular flexibility index (Phi) is 2.88. The number of nitrogens with one attached hydrogen (secondary N) is 2. The number of carbonyl (C=O) groups is 2. The molecule has 90 valence electrons. The van der Waals surface area contributed by atoms with Crippen LogP contribution in [0.5, 0.6) is 0 Å². The molecule has 0 radical (unpaired) electrons. The number of carboxylic acid groups (broad SMARTS) is 1. The highest BCUT2D eigenvalue weighted by molar-refractivity contribution is 5.88. The van der Waals surface area contributed by atoms with E-state index in [-0.39, 0.29) is 18.4 Å². The molecule has 0 saturated heterocycles. The number of carbonyl (C=O) groups excluding carboxylic acids is 1. The lowest BCUT2D eigenvalue weighted by Gasteiger charge is -2.26.